The Hall–Kier alpha value is -4.21. The summed E-state index contributed by atoms with van der Waals surface area (Å²) in [5, 5.41) is 20.7. The molecule has 0 saturated heterocycles. The number of hydrogen-bond donors (Lipinski definition) is 3. The maximum atomic E-state index is 12.4. The summed E-state index contributed by atoms with van der Waals surface area (Å²) in [7, 11) is 0. The molecule has 0 aliphatic heterocycles. The molecule has 0 unspecified atom stereocenters. The number of rotatable bonds is 9. The molecule has 0 atom stereocenters. The fourth-order valence-corrected chi connectivity index (χ4v) is 3.84. The third-order valence-electron chi connectivity index (χ3n) is 5.37. The summed E-state index contributed by atoms with van der Waals surface area (Å²) in [6.07, 6.45) is 0.148. The molecule has 3 N–H and O–H groups in total. The van der Waals surface area contributed by atoms with Gasteiger partial charge in [0.25, 0.3) is 5.91 Å². The first-order valence-electron chi connectivity index (χ1n) is 10.5. The molecule has 0 saturated carbocycles. The molecule has 4 rings (SSSR count). The molecule has 1 aliphatic rings. The van der Waals surface area contributed by atoms with Gasteiger partial charge in [0.2, 0.25) is 11.5 Å². The Morgan fingerprint density at radius 3 is 2.30 bits per heavy atom. The van der Waals surface area contributed by atoms with E-state index in [9.17, 15) is 14.4 Å². The van der Waals surface area contributed by atoms with Crippen LogP contribution in [0.2, 0.25) is 0 Å². The van der Waals surface area contributed by atoms with Gasteiger partial charge in [0, 0.05) is 18.9 Å². The lowest BCUT2D eigenvalue weighted by atomic mass is 9.98. The number of aromatic nitrogens is 2. The van der Waals surface area contributed by atoms with Gasteiger partial charge in [-0.1, -0.05) is 48.5 Å². The summed E-state index contributed by atoms with van der Waals surface area (Å²) in [6, 6.07) is 16.0. The van der Waals surface area contributed by atoms with Crippen LogP contribution in [-0.4, -0.2) is 46.5 Å². The summed E-state index contributed by atoms with van der Waals surface area (Å²) in [6.45, 7) is 0.361. The van der Waals surface area contributed by atoms with Crippen LogP contribution in [0, 0.1) is 0 Å². The smallest absolute Gasteiger partial charge is 0.412 e. The number of fused-ring (bicyclic) bond motifs is 3. The normalized spacial score (nSPS) is 12.0. The second-order valence-electron chi connectivity index (χ2n) is 7.52. The molecule has 33 heavy (non-hydrogen) atoms. The third kappa shape index (κ3) is 5.00. The van der Waals surface area contributed by atoms with E-state index in [1.165, 1.54) is 0 Å². The molecule has 1 aliphatic carbocycles. The van der Waals surface area contributed by atoms with Gasteiger partial charge in [0.15, 0.2) is 0 Å². The van der Waals surface area contributed by atoms with Gasteiger partial charge in [-0.2, -0.15) is 0 Å². The van der Waals surface area contributed by atoms with E-state index < -0.39 is 18.0 Å². The van der Waals surface area contributed by atoms with E-state index >= 15 is 0 Å². The number of ether oxygens (including phenoxy) is 1. The van der Waals surface area contributed by atoms with Crippen LogP contribution in [0.3, 0.4) is 0 Å². The van der Waals surface area contributed by atoms with Gasteiger partial charge in [-0.05, 0) is 45.4 Å². The molecule has 0 spiro atoms. The highest BCUT2D eigenvalue weighted by Crippen LogP contribution is 2.44. The summed E-state index contributed by atoms with van der Waals surface area (Å²) >= 11 is 0. The van der Waals surface area contributed by atoms with Crippen molar-refractivity contribution in [3.05, 3.63) is 65.4 Å². The summed E-state index contributed by atoms with van der Waals surface area (Å²) in [4.78, 5) is 35.2. The van der Waals surface area contributed by atoms with Crippen molar-refractivity contribution in [3.63, 3.8) is 0 Å². The Kier molecular flexibility index (Phi) is 6.63. The monoisotopic (exact) mass is 450 g/mol. The Morgan fingerprint density at radius 2 is 1.64 bits per heavy atom. The first kappa shape index (κ1) is 22.0. The molecular weight excluding hydrogens is 428 g/mol. The minimum absolute atomic E-state index is 0.0238. The lowest BCUT2D eigenvalue weighted by Crippen LogP contribution is -2.27. The highest BCUT2D eigenvalue weighted by Gasteiger charge is 2.29. The maximum absolute atomic E-state index is 12.4. The molecule has 1 aromatic heterocycles. The number of carboxylic acids is 1. The predicted octanol–water partition coefficient (Wildman–Crippen LogP) is 3.42. The highest BCUT2D eigenvalue weighted by atomic mass is 16.6. The molecule has 3 aromatic rings. The van der Waals surface area contributed by atoms with Crippen molar-refractivity contribution in [1.82, 2.24) is 15.6 Å². The SMILES string of the molecule is O=C(O)CCCCNC(=O)c1nonc1NC(=O)OCC1c2ccccc2-c2ccccc21. The van der Waals surface area contributed by atoms with Gasteiger partial charge in [-0.15, -0.1) is 0 Å². The van der Waals surface area contributed by atoms with E-state index in [0.29, 0.717) is 12.8 Å². The van der Waals surface area contributed by atoms with Crippen LogP contribution in [0.4, 0.5) is 10.6 Å². The first-order chi connectivity index (χ1) is 16.0. The largest absolute Gasteiger partial charge is 0.481 e. The number of carbonyl (C=O) groups excluding carboxylic acids is 2. The topological polar surface area (TPSA) is 144 Å². The number of aliphatic carboxylic acids is 1. The Morgan fingerprint density at radius 1 is 0.970 bits per heavy atom. The summed E-state index contributed by atoms with van der Waals surface area (Å²) < 4.78 is 10.0. The molecule has 2 aromatic carbocycles. The van der Waals surface area contributed by atoms with Crippen molar-refractivity contribution >= 4 is 23.8 Å². The van der Waals surface area contributed by atoms with Crippen LogP contribution in [0.1, 0.15) is 46.8 Å². The molecule has 0 fully saturated rings. The number of carboxylic acid groups (broad SMARTS) is 1. The van der Waals surface area contributed by atoms with Gasteiger partial charge in [0.1, 0.15) is 6.61 Å². The number of amides is 2. The fraction of sp³-hybridized carbons (Fsp3) is 0.261. The predicted molar refractivity (Wildman–Crippen MR) is 117 cm³/mol. The third-order valence-corrected chi connectivity index (χ3v) is 5.37. The van der Waals surface area contributed by atoms with E-state index in [-0.39, 0.29) is 37.0 Å². The molecule has 2 amide bonds. The molecule has 0 radical (unpaired) electrons. The molecule has 1 heterocycles. The van der Waals surface area contributed by atoms with Gasteiger partial charge in [-0.25, -0.2) is 9.42 Å². The minimum atomic E-state index is -0.892. The Bertz CT molecular complexity index is 1130. The molecule has 170 valence electrons. The standard InChI is InChI=1S/C23H22N4O6/c28-19(29)11-5-6-12-24-22(30)20-21(27-33-26-20)25-23(31)32-13-18-16-9-3-1-7-14(16)15-8-2-4-10-17(15)18/h1-4,7-10,18H,5-6,11-13H2,(H,24,30)(H,28,29)(H,25,27,31). The van der Waals surface area contributed by atoms with Crippen molar-refractivity contribution in [2.75, 3.05) is 18.5 Å². The van der Waals surface area contributed by atoms with E-state index in [4.69, 9.17) is 9.84 Å². The number of carbonyl (C=O) groups is 3. The Balaban J connectivity index is 1.33. The second-order valence-corrected chi connectivity index (χ2v) is 7.52. The van der Waals surface area contributed by atoms with Crippen LogP contribution in [-0.2, 0) is 9.53 Å². The lowest BCUT2D eigenvalue weighted by molar-refractivity contribution is -0.137. The number of unbranched alkanes of at least 4 members (excludes halogenated alkanes) is 1. The fourth-order valence-electron chi connectivity index (χ4n) is 3.84. The average molecular weight is 450 g/mol. The van der Waals surface area contributed by atoms with Gasteiger partial charge < -0.3 is 15.2 Å². The molecule has 10 nitrogen and oxygen atoms in total. The zero-order valence-electron chi connectivity index (χ0n) is 17.6. The van der Waals surface area contributed by atoms with Gasteiger partial charge in [0.05, 0.1) is 0 Å². The van der Waals surface area contributed by atoms with Crippen LogP contribution >= 0.6 is 0 Å². The number of hydrogen-bond acceptors (Lipinski definition) is 7. The number of nitrogens with one attached hydrogen (secondary N) is 2. The summed E-state index contributed by atoms with van der Waals surface area (Å²) in [5.74, 6) is -1.75. The van der Waals surface area contributed by atoms with Crippen LogP contribution < -0.4 is 10.6 Å². The quantitative estimate of drug-likeness (QED) is 0.421. The van der Waals surface area contributed by atoms with Crippen LogP contribution in [0.25, 0.3) is 11.1 Å². The second kappa shape index (κ2) is 9.94. The molecule has 0 bridgehead atoms. The zero-order chi connectivity index (χ0) is 23.2. The minimum Gasteiger partial charge on any atom is -0.481 e. The highest BCUT2D eigenvalue weighted by molar-refractivity contribution is 5.99. The van der Waals surface area contributed by atoms with Crippen molar-refractivity contribution in [2.24, 2.45) is 0 Å². The number of nitrogens with zero attached hydrogens (tertiary/aromatic N) is 2. The number of benzene rings is 2. The number of anilines is 1. The van der Waals surface area contributed by atoms with Crippen LogP contribution in [0.5, 0.6) is 0 Å². The molecular formula is C23H22N4O6. The van der Waals surface area contributed by atoms with Crippen molar-refractivity contribution in [3.8, 4) is 11.1 Å². The van der Waals surface area contributed by atoms with E-state index in [2.05, 4.69) is 25.6 Å². The van der Waals surface area contributed by atoms with E-state index in [0.717, 1.165) is 22.3 Å². The summed E-state index contributed by atoms with van der Waals surface area (Å²) in [5.41, 5.74) is 4.20. The van der Waals surface area contributed by atoms with Gasteiger partial charge in [-0.3, -0.25) is 14.9 Å². The van der Waals surface area contributed by atoms with E-state index in [1.807, 2.05) is 48.5 Å². The van der Waals surface area contributed by atoms with Crippen molar-refractivity contribution in [1.29, 1.82) is 0 Å². The first-order valence-corrected chi connectivity index (χ1v) is 10.5. The zero-order valence-corrected chi connectivity index (χ0v) is 17.6. The maximum Gasteiger partial charge on any atom is 0.412 e. The van der Waals surface area contributed by atoms with Crippen LogP contribution in [0.15, 0.2) is 53.2 Å². The lowest BCUT2D eigenvalue weighted by Gasteiger charge is -2.14. The average Bonchev–Trinajstić information content (AvgIpc) is 3.39. The van der Waals surface area contributed by atoms with E-state index in [1.54, 1.807) is 0 Å². The van der Waals surface area contributed by atoms with Crippen molar-refractivity contribution < 1.29 is 28.9 Å². The molecule has 10 heteroatoms. The van der Waals surface area contributed by atoms with Crippen molar-refractivity contribution in [2.45, 2.75) is 25.2 Å². The Labute approximate surface area is 188 Å². The van der Waals surface area contributed by atoms with Gasteiger partial charge >= 0.3 is 12.1 Å².